The van der Waals surface area contributed by atoms with Crippen LogP contribution in [-0.2, 0) is 17.6 Å². The molecule has 3 rings (SSSR count). The van der Waals surface area contributed by atoms with Gasteiger partial charge in [-0.05, 0) is 30.5 Å². The summed E-state index contributed by atoms with van der Waals surface area (Å²) in [5.41, 5.74) is 3.19. The predicted octanol–water partition coefficient (Wildman–Crippen LogP) is 1.93. The van der Waals surface area contributed by atoms with Crippen LogP contribution in [0.5, 0.6) is 0 Å². The lowest BCUT2D eigenvalue weighted by atomic mass is 10.0. The fourth-order valence-corrected chi connectivity index (χ4v) is 2.43. The minimum atomic E-state index is 0.131. The van der Waals surface area contributed by atoms with E-state index in [1.165, 1.54) is 5.56 Å². The van der Waals surface area contributed by atoms with Crippen molar-refractivity contribution in [1.29, 1.82) is 0 Å². The largest absolute Gasteiger partial charge is 0.312 e. The van der Waals surface area contributed by atoms with E-state index in [0.29, 0.717) is 6.42 Å². The maximum absolute atomic E-state index is 12.3. The average molecular weight is 241 g/mol. The van der Waals surface area contributed by atoms with Crippen molar-refractivity contribution in [1.82, 2.24) is 10.2 Å². The molecule has 1 N–H and O–H groups in total. The number of fused-ring (bicyclic) bond motifs is 1. The van der Waals surface area contributed by atoms with Crippen LogP contribution in [0, 0.1) is 0 Å². The highest BCUT2D eigenvalue weighted by atomic mass is 16.2. The third-order valence-electron chi connectivity index (χ3n) is 3.31. The summed E-state index contributed by atoms with van der Waals surface area (Å²) in [5, 5.41) is 6.70. The number of nitrogens with one attached hydrogen (secondary N) is 1. The van der Waals surface area contributed by atoms with Crippen LogP contribution in [0.4, 0.5) is 5.69 Å². The third kappa shape index (κ3) is 2.01. The molecule has 2 aromatic rings. The lowest BCUT2D eigenvalue weighted by molar-refractivity contribution is -0.118. The van der Waals surface area contributed by atoms with Crippen LogP contribution < -0.4 is 4.90 Å². The molecule has 2 heterocycles. The minimum absolute atomic E-state index is 0.131. The second-order valence-electron chi connectivity index (χ2n) is 4.54. The van der Waals surface area contributed by atoms with E-state index in [2.05, 4.69) is 16.3 Å². The van der Waals surface area contributed by atoms with Crippen LogP contribution in [0.1, 0.15) is 17.7 Å². The molecule has 0 saturated carbocycles. The number of benzene rings is 1. The summed E-state index contributed by atoms with van der Waals surface area (Å²) in [5.74, 6) is 0.131. The average Bonchev–Trinajstić information content (AvgIpc) is 2.91. The second kappa shape index (κ2) is 4.64. The first-order chi connectivity index (χ1) is 8.84. The third-order valence-corrected chi connectivity index (χ3v) is 3.31. The van der Waals surface area contributed by atoms with Gasteiger partial charge in [0.2, 0.25) is 5.91 Å². The molecule has 1 aliphatic heterocycles. The van der Waals surface area contributed by atoms with E-state index in [4.69, 9.17) is 0 Å². The van der Waals surface area contributed by atoms with Crippen molar-refractivity contribution < 1.29 is 4.79 Å². The molecule has 4 nitrogen and oxygen atoms in total. The number of hydrogen-bond donors (Lipinski definition) is 1. The van der Waals surface area contributed by atoms with Crippen molar-refractivity contribution >= 4 is 11.6 Å². The van der Waals surface area contributed by atoms with Gasteiger partial charge in [0.25, 0.3) is 0 Å². The summed E-state index contributed by atoms with van der Waals surface area (Å²) in [7, 11) is 0. The number of aromatic amines is 1. The van der Waals surface area contributed by atoms with Crippen LogP contribution in [0.15, 0.2) is 36.5 Å². The van der Waals surface area contributed by atoms with Gasteiger partial charge in [-0.15, -0.1) is 0 Å². The lowest BCUT2D eigenvalue weighted by Crippen LogP contribution is -2.36. The summed E-state index contributed by atoms with van der Waals surface area (Å²) in [4.78, 5) is 14.2. The number of para-hydroxylation sites is 1. The van der Waals surface area contributed by atoms with Gasteiger partial charge in [-0.25, -0.2) is 0 Å². The molecule has 1 aromatic carbocycles. The molecule has 0 fully saturated rings. The number of nitrogens with zero attached hydrogens (tertiary/aromatic N) is 2. The molecule has 0 spiro atoms. The highest BCUT2D eigenvalue weighted by molar-refractivity contribution is 5.95. The van der Waals surface area contributed by atoms with E-state index in [0.717, 1.165) is 30.8 Å². The first-order valence-corrected chi connectivity index (χ1v) is 6.21. The van der Waals surface area contributed by atoms with Gasteiger partial charge in [0.05, 0.1) is 6.42 Å². The first kappa shape index (κ1) is 11.0. The molecule has 0 radical (unpaired) electrons. The van der Waals surface area contributed by atoms with E-state index in [1.54, 1.807) is 6.20 Å². The van der Waals surface area contributed by atoms with E-state index < -0.39 is 0 Å². The second-order valence-corrected chi connectivity index (χ2v) is 4.54. The molecule has 4 heteroatoms. The normalized spacial score (nSPS) is 14.3. The predicted molar refractivity (Wildman–Crippen MR) is 69.4 cm³/mol. The molecule has 0 unspecified atom stereocenters. The smallest absolute Gasteiger partial charge is 0.232 e. The molecule has 92 valence electrons. The van der Waals surface area contributed by atoms with Crippen LogP contribution in [0.25, 0.3) is 0 Å². The van der Waals surface area contributed by atoms with Crippen molar-refractivity contribution in [3.63, 3.8) is 0 Å². The Bertz CT molecular complexity index is 548. The zero-order valence-corrected chi connectivity index (χ0v) is 10.1. The van der Waals surface area contributed by atoms with Gasteiger partial charge in [0.15, 0.2) is 0 Å². The number of aromatic nitrogens is 2. The van der Waals surface area contributed by atoms with E-state index in [9.17, 15) is 4.79 Å². The molecular formula is C14H15N3O. The van der Waals surface area contributed by atoms with Gasteiger partial charge in [0.1, 0.15) is 0 Å². The van der Waals surface area contributed by atoms with Gasteiger partial charge in [-0.2, -0.15) is 5.10 Å². The number of carbonyl (C=O) groups excluding carboxylic acids is 1. The maximum atomic E-state index is 12.3. The first-order valence-electron chi connectivity index (χ1n) is 6.21. The van der Waals surface area contributed by atoms with Crippen molar-refractivity contribution in [2.24, 2.45) is 0 Å². The van der Waals surface area contributed by atoms with Crippen LogP contribution in [-0.4, -0.2) is 22.6 Å². The molecule has 1 amide bonds. The van der Waals surface area contributed by atoms with Gasteiger partial charge >= 0.3 is 0 Å². The Labute approximate surface area is 106 Å². The Morgan fingerprint density at radius 2 is 2.22 bits per heavy atom. The van der Waals surface area contributed by atoms with E-state index in [-0.39, 0.29) is 5.91 Å². The van der Waals surface area contributed by atoms with E-state index in [1.807, 2.05) is 29.2 Å². The van der Waals surface area contributed by atoms with Gasteiger partial charge < -0.3 is 4.90 Å². The fourth-order valence-electron chi connectivity index (χ4n) is 2.43. The van der Waals surface area contributed by atoms with Gasteiger partial charge in [-0.1, -0.05) is 18.2 Å². The molecule has 0 bridgehead atoms. The van der Waals surface area contributed by atoms with Crippen LogP contribution in [0.3, 0.4) is 0 Å². The number of H-pyrrole nitrogens is 1. The summed E-state index contributed by atoms with van der Waals surface area (Å²) in [6, 6.07) is 9.99. The number of aryl methyl sites for hydroxylation is 1. The van der Waals surface area contributed by atoms with Crippen LogP contribution >= 0.6 is 0 Å². The lowest BCUT2D eigenvalue weighted by Gasteiger charge is -2.29. The van der Waals surface area contributed by atoms with Crippen molar-refractivity contribution in [3.8, 4) is 0 Å². The van der Waals surface area contributed by atoms with E-state index >= 15 is 0 Å². The number of amides is 1. The Hall–Kier alpha value is -2.10. The monoisotopic (exact) mass is 241 g/mol. The number of anilines is 1. The SMILES string of the molecule is O=C(Cc1ccn[nH]1)N1CCCc2ccccc21. The number of rotatable bonds is 2. The van der Waals surface area contributed by atoms with Gasteiger partial charge in [0, 0.05) is 24.1 Å². The number of carbonyl (C=O) groups is 1. The molecule has 0 atom stereocenters. The maximum Gasteiger partial charge on any atom is 0.232 e. The molecule has 18 heavy (non-hydrogen) atoms. The highest BCUT2D eigenvalue weighted by Gasteiger charge is 2.22. The summed E-state index contributed by atoms with van der Waals surface area (Å²) < 4.78 is 0. The zero-order valence-electron chi connectivity index (χ0n) is 10.1. The zero-order chi connectivity index (χ0) is 12.4. The van der Waals surface area contributed by atoms with Crippen LogP contribution in [0.2, 0.25) is 0 Å². The highest BCUT2D eigenvalue weighted by Crippen LogP contribution is 2.27. The molecule has 1 aromatic heterocycles. The minimum Gasteiger partial charge on any atom is -0.312 e. The standard InChI is InChI=1S/C14H15N3O/c18-14(10-12-7-8-15-16-12)17-9-3-5-11-4-1-2-6-13(11)17/h1-2,4,6-8H,3,5,9-10H2,(H,15,16). The van der Waals surface area contributed by atoms with Crippen molar-refractivity contribution in [3.05, 3.63) is 47.8 Å². The molecule has 0 aliphatic carbocycles. The van der Waals surface area contributed by atoms with Gasteiger partial charge in [-0.3, -0.25) is 9.89 Å². The summed E-state index contributed by atoms with van der Waals surface area (Å²) in [6.45, 7) is 0.810. The van der Waals surface area contributed by atoms with Crippen molar-refractivity contribution in [2.75, 3.05) is 11.4 Å². The Morgan fingerprint density at radius 1 is 1.33 bits per heavy atom. The fraction of sp³-hybridized carbons (Fsp3) is 0.286. The topological polar surface area (TPSA) is 49.0 Å². The Morgan fingerprint density at radius 3 is 3.06 bits per heavy atom. The Kier molecular flexibility index (Phi) is 2.84. The molecule has 1 aliphatic rings. The summed E-state index contributed by atoms with van der Waals surface area (Å²) in [6.07, 6.45) is 4.15. The number of hydrogen-bond acceptors (Lipinski definition) is 2. The quantitative estimate of drug-likeness (QED) is 0.873. The molecular weight excluding hydrogens is 226 g/mol. The Balaban J connectivity index is 1.83. The summed E-state index contributed by atoms with van der Waals surface area (Å²) >= 11 is 0. The van der Waals surface area contributed by atoms with Crippen molar-refractivity contribution in [2.45, 2.75) is 19.3 Å². The molecule has 0 saturated heterocycles.